The summed E-state index contributed by atoms with van der Waals surface area (Å²) in [6.07, 6.45) is 0. The molecule has 4 nitrogen and oxygen atoms in total. The number of nitrogens with two attached hydrogens (primary N) is 4. The van der Waals surface area contributed by atoms with Gasteiger partial charge in [-0.2, -0.15) is 0 Å². The van der Waals surface area contributed by atoms with Crippen LogP contribution >= 0.6 is 0 Å². The van der Waals surface area contributed by atoms with Gasteiger partial charge in [-0.25, -0.2) is 0 Å². The molecule has 0 saturated carbocycles. The molecule has 0 bridgehead atoms. The number of nitrogen functional groups attached to an aromatic ring is 2. The van der Waals surface area contributed by atoms with E-state index < -0.39 is 0 Å². The lowest BCUT2D eigenvalue weighted by atomic mass is 10.2. The van der Waals surface area contributed by atoms with Crippen molar-refractivity contribution in [3.63, 3.8) is 0 Å². The standard InChI is InChI=1S/C7H10N2.C2H8N2/c1-5-2-3-6(8)4-7(5)9;3-1-2-4/h2-4H,8-9H2,1H3;1-4H2. The molecule has 0 aliphatic carbocycles. The van der Waals surface area contributed by atoms with Gasteiger partial charge in [-0.1, -0.05) is 6.07 Å². The Morgan fingerprint density at radius 2 is 1.62 bits per heavy atom. The van der Waals surface area contributed by atoms with E-state index in [9.17, 15) is 0 Å². The van der Waals surface area contributed by atoms with Gasteiger partial charge in [0, 0.05) is 24.5 Å². The summed E-state index contributed by atoms with van der Waals surface area (Å²) >= 11 is 0. The minimum absolute atomic E-state index is 0.597. The summed E-state index contributed by atoms with van der Waals surface area (Å²) in [5.74, 6) is 0. The zero-order valence-electron chi connectivity index (χ0n) is 7.96. The minimum Gasteiger partial charge on any atom is -0.399 e. The van der Waals surface area contributed by atoms with Gasteiger partial charge in [-0.05, 0) is 24.6 Å². The molecular formula is C9H18N4. The summed E-state index contributed by atoms with van der Waals surface area (Å²) in [5, 5.41) is 0. The molecule has 0 unspecified atom stereocenters. The second-order valence-corrected chi connectivity index (χ2v) is 2.69. The van der Waals surface area contributed by atoms with E-state index in [0.717, 1.165) is 16.9 Å². The van der Waals surface area contributed by atoms with Crippen molar-refractivity contribution in [2.75, 3.05) is 24.6 Å². The summed E-state index contributed by atoms with van der Waals surface area (Å²) in [5.41, 5.74) is 23.3. The molecule has 0 aromatic heterocycles. The molecule has 0 heterocycles. The normalized spacial score (nSPS) is 8.85. The maximum atomic E-state index is 5.54. The number of anilines is 2. The number of benzene rings is 1. The van der Waals surface area contributed by atoms with Crippen LogP contribution in [0.15, 0.2) is 18.2 Å². The van der Waals surface area contributed by atoms with Crippen LogP contribution in [0.3, 0.4) is 0 Å². The lowest BCUT2D eigenvalue weighted by Crippen LogP contribution is -2.11. The molecule has 0 fully saturated rings. The predicted octanol–water partition coefficient (Wildman–Crippen LogP) is 0.0632. The Hall–Kier alpha value is -1.26. The van der Waals surface area contributed by atoms with Crippen LogP contribution in [0.2, 0.25) is 0 Å². The first kappa shape index (κ1) is 11.7. The van der Waals surface area contributed by atoms with Crippen LogP contribution in [-0.2, 0) is 0 Å². The third-order valence-corrected chi connectivity index (χ3v) is 1.47. The third-order valence-electron chi connectivity index (χ3n) is 1.47. The van der Waals surface area contributed by atoms with E-state index in [0.29, 0.717) is 13.1 Å². The molecule has 4 heteroatoms. The van der Waals surface area contributed by atoms with E-state index in [-0.39, 0.29) is 0 Å². The first-order valence-corrected chi connectivity index (χ1v) is 4.13. The Balaban J connectivity index is 0.000000310. The Bertz CT molecular complexity index is 245. The molecule has 1 rings (SSSR count). The molecular weight excluding hydrogens is 164 g/mol. The van der Waals surface area contributed by atoms with Gasteiger partial charge in [0.1, 0.15) is 0 Å². The minimum atomic E-state index is 0.597. The molecule has 74 valence electrons. The molecule has 0 atom stereocenters. The third kappa shape index (κ3) is 5.05. The van der Waals surface area contributed by atoms with Crippen LogP contribution in [0, 0.1) is 6.92 Å². The Labute approximate surface area is 78.9 Å². The van der Waals surface area contributed by atoms with Crippen LogP contribution in [-0.4, -0.2) is 13.1 Å². The van der Waals surface area contributed by atoms with Crippen molar-refractivity contribution in [3.05, 3.63) is 23.8 Å². The molecule has 1 aromatic rings. The molecule has 0 saturated heterocycles. The first-order chi connectivity index (χ1) is 6.11. The van der Waals surface area contributed by atoms with Crippen molar-refractivity contribution in [1.82, 2.24) is 0 Å². The number of hydrogen-bond donors (Lipinski definition) is 4. The van der Waals surface area contributed by atoms with Crippen LogP contribution in [0.25, 0.3) is 0 Å². The summed E-state index contributed by atoms with van der Waals surface area (Å²) < 4.78 is 0. The van der Waals surface area contributed by atoms with Crippen LogP contribution in [0.5, 0.6) is 0 Å². The Morgan fingerprint density at radius 1 is 1.08 bits per heavy atom. The van der Waals surface area contributed by atoms with E-state index in [2.05, 4.69) is 0 Å². The summed E-state index contributed by atoms with van der Waals surface area (Å²) in [6.45, 7) is 3.15. The average Bonchev–Trinajstić information content (AvgIpc) is 2.12. The van der Waals surface area contributed by atoms with Gasteiger partial charge in [-0.3, -0.25) is 0 Å². The Kier molecular flexibility index (Phi) is 5.67. The highest BCUT2D eigenvalue weighted by Gasteiger charge is 1.90. The highest BCUT2D eigenvalue weighted by molar-refractivity contribution is 5.55. The number of hydrogen-bond acceptors (Lipinski definition) is 4. The fraction of sp³-hybridized carbons (Fsp3) is 0.333. The van der Waals surface area contributed by atoms with E-state index in [1.807, 2.05) is 19.1 Å². The van der Waals surface area contributed by atoms with E-state index in [1.54, 1.807) is 6.07 Å². The smallest absolute Gasteiger partial charge is 0.0364 e. The second kappa shape index (κ2) is 6.28. The van der Waals surface area contributed by atoms with Crippen molar-refractivity contribution in [3.8, 4) is 0 Å². The fourth-order valence-corrected chi connectivity index (χ4v) is 0.659. The molecule has 0 aliphatic heterocycles. The monoisotopic (exact) mass is 182 g/mol. The van der Waals surface area contributed by atoms with Crippen molar-refractivity contribution in [2.45, 2.75) is 6.92 Å². The zero-order valence-corrected chi connectivity index (χ0v) is 7.96. The van der Waals surface area contributed by atoms with Crippen LogP contribution < -0.4 is 22.9 Å². The number of aryl methyl sites for hydroxylation is 1. The van der Waals surface area contributed by atoms with Crippen molar-refractivity contribution < 1.29 is 0 Å². The first-order valence-electron chi connectivity index (χ1n) is 4.13. The molecule has 13 heavy (non-hydrogen) atoms. The van der Waals surface area contributed by atoms with Crippen molar-refractivity contribution in [1.29, 1.82) is 0 Å². The second-order valence-electron chi connectivity index (χ2n) is 2.69. The van der Waals surface area contributed by atoms with Gasteiger partial charge in [0.25, 0.3) is 0 Å². The molecule has 0 aliphatic rings. The van der Waals surface area contributed by atoms with Gasteiger partial charge in [0.15, 0.2) is 0 Å². The highest BCUT2D eigenvalue weighted by Crippen LogP contribution is 2.13. The SMILES string of the molecule is Cc1ccc(N)cc1N.NCCN. The van der Waals surface area contributed by atoms with Gasteiger partial charge in [0.2, 0.25) is 0 Å². The van der Waals surface area contributed by atoms with E-state index in [1.165, 1.54) is 0 Å². The fourth-order valence-electron chi connectivity index (χ4n) is 0.659. The quantitative estimate of drug-likeness (QED) is 0.461. The summed E-state index contributed by atoms with van der Waals surface area (Å²) in [7, 11) is 0. The number of rotatable bonds is 1. The van der Waals surface area contributed by atoms with E-state index in [4.69, 9.17) is 22.9 Å². The molecule has 0 radical (unpaired) electrons. The topological polar surface area (TPSA) is 104 Å². The van der Waals surface area contributed by atoms with Crippen molar-refractivity contribution in [2.24, 2.45) is 11.5 Å². The average molecular weight is 182 g/mol. The maximum absolute atomic E-state index is 5.54. The van der Waals surface area contributed by atoms with Crippen LogP contribution in [0.1, 0.15) is 5.56 Å². The molecule has 1 aromatic carbocycles. The Morgan fingerprint density at radius 3 is 1.92 bits per heavy atom. The molecule has 0 spiro atoms. The van der Waals surface area contributed by atoms with Crippen molar-refractivity contribution >= 4 is 11.4 Å². The largest absolute Gasteiger partial charge is 0.399 e. The van der Waals surface area contributed by atoms with Gasteiger partial charge in [-0.15, -0.1) is 0 Å². The van der Waals surface area contributed by atoms with Gasteiger partial charge >= 0.3 is 0 Å². The highest BCUT2D eigenvalue weighted by atomic mass is 14.6. The van der Waals surface area contributed by atoms with E-state index >= 15 is 0 Å². The zero-order chi connectivity index (χ0) is 10.3. The van der Waals surface area contributed by atoms with Gasteiger partial charge < -0.3 is 22.9 Å². The van der Waals surface area contributed by atoms with Crippen LogP contribution in [0.4, 0.5) is 11.4 Å². The summed E-state index contributed by atoms with van der Waals surface area (Å²) in [4.78, 5) is 0. The predicted molar refractivity (Wildman–Crippen MR) is 58.1 cm³/mol. The lowest BCUT2D eigenvalue weighted by Gasteiger charge is -1.98. The lowest BCUT2D eigenvalue weighted by molar-refractivity contribution is 0.976. The molecule has 0 amide bonds. The molecule has 8 N–H and O–H groups in total. The van der Waals surface area contributed by atoms with Gasteiger partial charge in [0.05, 0.1) is 0 Å². The summed E-state index contributed by atoms with van der Waals surface area (Å²) in [6, 6.07) is 5.51. The maximum Gasteiger partial charge on any atom is 0.0364 e.